The number of nitrogens with one attached hydrogen (secondary N) is 1. The van der Waals surface area contributed by atoms with Gasteiger partial charge in [-0.05, 0) is 25.0 Å². The highest BCUT2D eigenvalue weighted by Gasteiger charge is 2.28. The fourth-order valence-electron chi connectivity index (χ4n) is 2.96. The molecule has 2 aromatic rings. The zero-order valence-corrected chi connectivity index (χ0v) is 15.7. The van der Waals surface area contributed by atoms with E-state index < -0.39 is 35.3 Å². The van der Waals surface area contributed by atoms with Crippen molar-refractivity contribution in [3.8, 4) is 23.0 Å². The van der Waals surface area contributed by atoms with Crippen LogP contribution in [0.3, 0.4) is 0 Å². The molecular formula is C21H21NO7. The standard InChI is InChI=1S/C21H21NO7/c1-12(9-13-5-3-2-4-6-13)22-11-16(24)14-10-15(23)21-19(27)20(14)28-17(25)7-8-18(26)29-21/h2-8,10,12,16,22-24,27H,9,11H2,1H3/b8-7+/t12-,16+/m0/s1. The zero-order chi connectivity index (χ0) is 21.0. The number of carbonyl (C=O) groups excluding carboxylic acids is 2. The van der Waals surface area contributed by atoms with Crippen LogP contribution in [-0.4, -0.2) is 39.8 Å². The number of aromatic hydroxyl groups is 2. The van der Waals surface area contributed by atoms with Gasteiger partial charge in [0.15, 0.2) is 11.5 Å². The number of rotatable bonds is 6. The summed E-state index contributed by atoms with van der Waals surface area (Å²) in [6.45, 7) is 2.01. The maximum atomic E-state index is 11.8. The third-order valence-corrected chi connectivity index (χ3v) is 4.38. The van der Waals surface area contributed by atoms with Crippen molar-refractivity contribution in [1.29, 1.82) is 0 Å². The van der Waals surface area contributed by atoms with Crippen molar-refractivity contribution < 1.29 is 34.4 Å². The van der Waals surface area contributed by atoms with Crippen molar-refractivity contribution in [2.24, 2.45) is 0 Å². The Morgan fingerprint density at radius 3 is 2.28 bits per heavy atom. The molecule has 0 spiro atoms. The first-order valence-corrected chi connectivity index (χ1v) is 9.01. The molecule has 1 aliphatic heterocycles. The van der Waals surface area contributed by atoms with E-state index in [0.29, 0.717) is 0 Å². The third-order valence-electron chi connectivity index (χ3n) is 4.38. The van der Waals surface area contributed by atoms with E-state index >= 15 is 0 Å². The van der Waals surface area contributed by atoms with Crippen molar-refractivity contribution >= 4 is 11.9 Å². The first kappa shape index (κ1) is 20.4. The van der Waals surface area contributed by atoms with Crippen LogP contribution < -0.4 is 14.8 Å². The molecule has 2 bridgehead atoms. The van der Waals surface area contributed by atoms with Crippen LogP contribution in [0.1, 0.15) is 24.2 Å². The predicted molar refractivity (Wildman–Crippen MR) is 103 cm³/mol. The summed E-state index contributed by atoms with van der Waals surface area (Å²) in [5.41, 5.74) is 1.10. The number of benzene rings is 2. The van der Waals surface area contributed by atoms with Gasteiger partial charge in [0.25, 0.3) is 0 Å². The number of aliphatic hydroxyl groups excluding tert-OH is 1. The number of aliphatic hydroxyl groups is 1. The molecule has 0 fully saturated rings. The second-order valence-electron chi connectivity index (χ2n) is 6.68. The first-order valence-electron chi connectivity index (χ1n) is 9.01. The fraction of sp³-hybridized carbons (Fsp3) is 0.238. The monoisotopic (exact) mass is 399 g/mol. The quantitative estimate of drug-likeness (QED) is 0.428. The maximum Gasteiger partial charge on any atom is 0.336 e. The first-order chi connectivity index (χ1) is 13.8. The Hall–Kier alpha value is -3.36. The summed E-state index contributed by atoms with van der Waals surface area (Å²) in [5.74, 6) is -4.16. The maximum absolute atomic E-state index is 11.8. The van der Waals surface area contributed by atoms with Crippen LogP contribution in [0.4, 0.5) is 0 Å². The molecule has 0 saturated heterocycles. The number of phenolic OH excluding ortho intramolecular Hbond substituents is 2. The molecule has 152 valence electrons. The van der Waals surface area contributed by atoms with Gasteiger partial charge in [0, 0.05) is 30.3 Å². The van der Waals surface area contributed by atoms with Gasteiger partial charge < -0.3 is 30.1 Å². The molecular weight excluding hydrogens is 378 g/mol. The number of phenols is 2. The lowest BCUT2D eigenvalue weighted by Crippen LogP contribution is -2.32. The third kappa shape index (κ3) is 4.92. The van der Waals surface area contributed by atoms with Gasteiger partial charge in [-0.25, -0.2) is 9.59 Å². The van der Waals surface area contributed by atoms with Crippen LogP contribution in [0.25, 0.3) is 0 Å². The molecule has 0 amide bonds. The van der Waals surface area contributed by atoms with E-state index in [9.17, 15) is 24.9 Å². The normalized spacial score (nSPS) is 16.6. The zero-order valence-electron chi connectivity index (χ0n) is 15.7. The average molecular weight is 399 g/mol. The molecule has 0 aromatic heterocycles. The highest BCUT2D eigenvalue weighted by atomic mass is 16.6. The number of fused-ring (bicyclic) bond motifs is 2. The molecule has 1 aliphatic rings. The van der Waals surface area contributed by atoms with Gasteiger partial charge in [-0.15, -0.1) is 0 Å². The van der Waals surface area contributed by atoms with E-state index in [1.165, 1.54) is 0 Å². The molecule has 3 rings (SSSR count). The second-order valence-corrected chi connectivity index (χ2v) is 6.68. The Morgan fingerprint density at radius 1 is 1.00 bits per heavy atom. The molecule has 0 unspecified atom stereocenters. The number of hydrogen-bond donors (Lipinski definition) is 4. The lowest BCUT2D eigenvalue weighted by Gasteiger charge is -2.20. The summed E-state index contributed by atoms with van der Waals surface area (Å²) < 4.78 is 9.89. The van der Waals surface area contributed by atoms with Gasteiger partial charge in [0.2, 0.25) is 11.5 Å². The summed E-state index contributed by atoms with van der Waals surface area (Å²) >= 11 is 0. The van der Waals surface area contributed by atoms with Gasteiger partial charge in [0.1, 0.15) is 0 Å². The van der Waals surface area contributed by atoms with Crippen LogP contribution in [0, 0.1) is 0 Å². The number of hydrogen-bond acceptors (Lipinski definition) is 8. The number of esters is 2. The minimum atomic E-state index is -1.22. The Bertz CT molecular complexity index is 940. The molecule has 0 saturated carbocycles. The Balaban J connectivity index is 1.79. The molecule has 0 radical (unpaired) electrons. The summed E-state index contributed by atoms with van der Waals surface area (Å²) in [7, 11) is 0. The number of ether oxygens (including phenoxy) is 2. The van der Waals surface area contributed by atoms with Crippen LogP contribution in [0.15, 0.2) is 48.6 Å². The SMILES string of the molecule is C[C@@H](Cc1ccccc1)NC[C@@H](O)c1cc(O)c2c(O)c1OC(=O)/C=C/C(=O)O2. The summed E-state index contributed by atoms with van der Waals surface area (Å²) in [4.78, 5) is 23.4. The van der Waals surface area contributed by atoms with Crippen LogP contribution in [-0.2, 0) is 16.0 Å². The summed E-state index contributed by atoms with van der Waals surface area (Å²) in [6.07, 6.45) is 1.14. The van der Waals surface area contributed by atoms with Crippen LogP contribution >= 0.6 is 0 Å². The smallest absolute Gasteiger partial charge is 0.336 e. The molecule has 8 heteroatoms. The van der Waals surface area contributed by atoms with Gasteiger partial charge in [0.05, 0.1) is 6.10 Å². The summed E-state index contributed by atoms with van der Waals surface area (Å²) in [6, 6.07) is 10.9. The molecule has 1 heterocycles. The van der Waals surface area contributed by atoms with Gasteiger partial charge >= 0.3 is 11.9 Å². The molecule has 4 N–H and O–H groups in total. The van der Waals surface area contributed by atoms with Crippen molar-refractivity contribution in [2.45, 2.75) is 25.5 Å². The number of carbonyl (C=O) groups is 2. The van der Waals surface area contributed by atoms with Crippen molar-refractivity contribution in [1.82, 2.24) is 5.32 Å². The van der Waals surface area contributed by atoms with E-state index in [1.807, 2.05) is 37.3 Å². The highest BCUT2D eigenvalue weighted by molar-refractivity contribution is 5.95. The van der Waals surface area contributed by atoms with E-state index in [1.54, 1.807) is 0 Å². The van der Waals surface area contributed by atoms with E-state index in [2.05, 4.69) is 5.32 Å². The Morgan fingerprint density at radius 2 is 1.62 bits per heavy atom. The molecule has 29 heavy (non-hydrogen) atoms. The van der Waals surface area contributed by atoms with Crippen molar-refractivity contribution in [2.75, 3.05) is 6.54 Å². The fourth-order valence-corrected chi connectivity index (χ4v) is 2.96. The van der Waals surface area contributed by atoms with E-state index in [0.717, 1.165) is 30.2 Å². The molecule has 2 atom stereocenters. The van der Waals surface area contributed by atoms with Gasteiger partial charge in [-0.3, -0.25) is 0 Å². The minimum Gasteiger partial charge on any atom is -0.504 e. The van der Waals surface area contributed by atoms with Crippen LogP contribution in [0.5, 0.6) is 23.0 Å². The average Bonchev–Trinajstić information content (AvgIpc) is 2.73. The van der Waals surface area contributed by atoms with E-state index in [-0.39, 0.29) is 23.9 Å². The largest absolute Gasteiger partial charge is 0.504 e. The molecule has 2 aromatic carbocycles. The highest BCUT2D eigenvalue weighted by Crippen LogP contribution is 2.47. The Kier molecular flexibility index (Phi) is 6.16. The second kappa shape index (κ2) is 8.76. The molecule has 0 aliphatic carbocycles. The van der Waals surface area contributed by atoms with Crippen LogP contribution in [0.2, 0.25) is 0 Å². The van der Waals surface area contributed by atoms with Crippen molar-refractivity contribution in [3.63, 3.8) is 0 Å². The topological polar surface area (TPSA) is 125 Å². The molecule has 8 nitrogen and oxygen atoms in total. The lowest BCUT2D eigenvalue weighted by molar-refractivity contribution is -0.131. The van der Waals surface area contributed by atoms with E-state index in [4.69, 9.17) is 9.47 Å². The minimum absolute atomic E-state index is 0.0190. The Labute approximate surface area is 167 Å². The van der Waals surface area contributed by atoms with Crippen molar-refractivity contribution in [3.05, 3.63) is 59.7 Å². The summed E-state index contributed by atoms with van der Waals surface area (Å²) in [5, 5.41) is 34.2. The van der Waals surface area contributed by atoms with Gasteiger partial charge in [-0.1, -0.05) is 30.3 Å². The predicted octanol–water partition coefficient (Wildman–Crippen LogP) is 1.73. The lowest BCUT2D eigenvalue weighted by atomic mass is 10.0. The van der Waals surface area contributed by atoms with Gasteiger partial charge in [-0.2, -0.15) is 0 Å².